The van der Waals surface area contributed by atoms with E-state index >= 15 is 0 Å². The summed E-state index contributed by atoms with van der Waals surface area (Å²) in [6.07, 6.45) is 1.95. The highest BCUT2D eigenvalue weighted by Crippen LogP contribution is 2.22. The molecule has 112 valence electrons. The predicted molar refractivity (Wildman–Crippen MR) is 82.4 cm³/mol. The number of carboxylic acid groups (broad SMARTS) is 1. The molecule has 1 atom stereocenters. The molecule has 5 nitrogen and oxygen atoms in total. The van der Waals surface area contributed by atoms with E-state index in [1.54, 1.807) is 11.3 Å². The van der Waals surface area contributed by atoms with Crippen LogP contribution in [-0.4, -0.2) is 28.0 Å². The Kier molecular flexibility index (Phi) is 5.27. The van der Waals surface area contributed by atoms with Gasteiger partial charge in [0.2, 0.25) is 5.91 Å². The lowest BCUT2D eigenvalue weighted by Gasteiger charge is -2.12. The third-order valence-electron chi connectivity index (χ3n) is 3.11. The molecule has 0 aliphatic rings. The molecule has 1 amide bonds. The fraction of sp³-hybridized carbons (Fsp3) is 0.400. The molecular weight excluding hydrogens is 288 g/mol. The van der Waals surface area contributed by atoms with Crippen molar-refractivity contribution in [1.82, 2.24) is 10.3 Å². The lowest BCUT2D eigenvalue weighted by molar-refractivity contribution is -0.142. The number of fused-ring (bicyclic) bond motifs is 1. The minimum absolute atomic E-state index is 0.241. The summed E-state index contributed by atoms with van der Waals surface area (Å²) in [6.45, 7) is 1.89. The Morgan fingerprint density at radius 1 is 1.38 bits per heavy atom. The van der Waals surface area contributed by atoms with Crippen molar-refractivity contribution in [1.29, 1.82) is 0 Å². The van der Waals surface area contributed by atoms with Crippen LogP contribution in [0, 0.1) is 0 Å². The molecule has 6 heteroatoms. The van der Waals surface area contributed by atoms with Gasteiger partial charge in [-0.25, -0.2) is 9.78 Å². The van der Waals surface area contributed by atoms with Crippen molar-refractivity contribution >= 4 is 33.4 Å². The normalized spacial score (nSPS) is 12.2. The van der Waals surface area contributed by atoms with Crippen LogP contribution in [0.15, 0.2) is 24.3 Å². The number of para-hydroxylation sites is 1. The zero-order chi connectivity index (χ0) is 15.2. The second-order valence-electron chi connectivity index (χ2n) is 4.82. The van der Waals surface area contributed by atoms with Crippen molar-refractivity contribution < 1.29 is 14.7 Å². The number of nitrogens with zero attached hydrogens (tertiary/aromatic N) is 1. The van der Waals surface area contributed by atoms with Gasteiger partial charge in [0.15, 0.2) is 0 Å². The Bertz CT molecular complexity index is 606. The van der Waals surface area contributed by atoms with Crippen LogP contribution in [0.25, 0.3) is 10.2 Å². The largest absolute Gasteiger partial charge is 0.480 e. The number of amides is 1. The van der Waals surface area contributed by atoms with Crippen molar-refractivity contribution in [2.75, 3.05) is 0 Å². The van der Waals surface area contributed by atoms with E-state index < -0.39 is 12.0 Å². The van der Waals surface area contributed by atoms with Crippen molar-refractivity contribution in [2.24, 2.45) is 0 Å². The van der Waals surface area contributed by atoms with Gasteiger partial charge in [0.25, 0.3) is 0 Å². The van der Waals surface area contributed by atoms with Crippen LogP contribution in [0.3, 0.4) is 0 Å². The predicted octanol–water partition coefficient (Wildman–Crippen LogP) is 2.60. The Morgan fingerprint density at radius 2 is 2.14 bits per heavy atom. The van der Waals surface area contributed by atoms with E-state index in [-0.39, 0.29) is 12.3 Å². The van der Waals surface area contributed by atoms with Crippen molar-refractivity contribution in [2.45, 2.75) is 38.6 Å². The standard InChI is InChI=1S/C15H18N2O3S/c1-2-5-11(15(19)20)16-13(18)8-9-14-17-10-6-3-4-7-12(10)21-14/h3-4,6-7,11H,2,5,8-9H2,1H3,(H,16,18)(H,19,20)/t11-/m0/s1. The highest BCUT2D eigenvalue weighted by molar-refractivity contribution is 7.18. The van der Waals surface area contributed by atoms with E-state index in [0.717, 1.165) is 21.6 Å². The van der Waals surface area contributed by atoms with Gasteiger partial charge < -0.3 is 10.4 Å². The van der Waals surface area contributed by atoms with E-state index in [9.17, 15) is 9.59 Å². The van der Waals surface area contributed by atoms with Crippen LogP contribution in [0.2, 0.25) is 0 Å². The van der Waals surface area contributed by atoms with Crippen LogP contribution in [-0.2, 0) is 16.0 Å². The Hall–Kier alpha value is -1.95. The summed E-state index contributed by atoms with van der Waals surface area (Å²) in [5.74, 6) is -1.22. The maximum absolute atomic E-state index is 11.8. The molecule has 0 radical (unpaired) electrons. The number of carbonyl (C=O) groups excluding carboxylic acids is 1. The van der Waals surface area contributed by atoms with E-state index in [1.807, 2.05) is 31.2 Å². The molecule has 1 aromatic carbocycles. The number of benzene rings is 1. The number of carbonyl (C=O) groups is 2. The van der Waals surface area contributed by atoms with Gasteiger partial charge in [-0.1, -0.05) is 25.5 Å². The molecule has 1 aromatic heterocycles. The molecule has 2 rings (SSSR count). The fourth-order valence-corrected chi connectivity index (χ4v) is 3.03. The summed E-state index contributed by atoms with van der Waals surface area (Å²) in [7, 11) is 0. The molecule has 21 heavy (non-hydrogen) atoms. The summed E-state index contributed by atoms with van der Waals surface area (Å²) in [5.41, 5.74) is 0.937. The number of rotatable bonds is 7. The SMILES string of the molecule is CCC[C@H](NC(=O)CCc1nc2ccccc2s1)C(=O)O. The van der Waals surface area contributed by atoms with Gasteiger partial charge in [0.1, 0.15) is 6.04 Å². The summed E-state index contributed by atoms with van der Waals surface area (Å²) in [6, 6.07) is 7.04. The van der Waals surface area contributed by atoms with E-state index in [4.69, 9.17) is 5.11 Å². The highest BCUT2D eigenvalue weighted by Gasteiger charge is 2.18. The summed E-state index contributed by atoms with van der Waals surface area (Å²) >= 11 is 1.57. The number of carboxylic acids is 1. The van der Waals surface area contributed by atoms with Gasteiger partial charge in [0, 0.05) is 12.8 Å². The third kappa shape index (κ3) is 4.26. The van der Waals surface area contributed by atoms with Crippen LogP contribution < -0.4 is 5.32 Å². The molecular formula is C15H18N2O3S. The highest BCUT2D eigenvalue weighted by atomic mass is 32.1. The smallest absolute Gasteiger partial charge is 0.326 e. The molecule has 0 aliphatic carbocycles. The molecule has 2 aromatic rings. The minimum Gasteiger partial charge on any atom is -0.480 e. The first kappa shape index (κ1) is 15.4. The van der Waals surface area contributed by atoms with Gasteiger partial charge in [-0.15, -0.1) is 11.3 Å². The van der Waals surface area contributed by atoms with Gasteiger partial charge >= 0.3 is 5.97 Å². The fourth-order valence-electron chi connectivity index (χ4n) is 2.06. The number of thiazole rings is 1. The first-order valence-electron chi connectivity index (χ1n) is 6.96. The topological polar surface area (TPSA) is 79.3 Å². The van der Waals surface area contributed by atoms with E-state index in [2.05, 4.69) is 10.3 Å². The average molecular weight is 306 g/mol. The molecule has 0 spiro atoms. The first-order valence-corrected chi connectivity index (χ1v) is 7.78. The molecule has 0 aliphatic heterocycles. The van der Waals surface area contributed by atoms with Gasteiger partial charge in [-0.2, -0.15) is 0 Å². The number of hydrogen-bond acceptors (Lipinski definition) is 4. The molecule has 0 unspecified atom stereocenters. The number of hydrogen-bond donors (Lipinski definition) is 2. The second-order valence-corrected chi connectivity index (χ2v) is 5.94. The van der Waals surface area contributed by atoms with Gasteiger partial charge in [-0.05, 0) is 18.6 Å². The van der Waals surface area contributed by atoms with Crippen LogP contribution in [0.5, 0.6) is 0 Å². The van der Waals surface area contributed by atoms with Crippen molar-refractivity contribution in [3.63, 3.8) is 0 Å². The molecule has 2 N–H and O–H groups in total. The second kappa shape index (κ2) is 7.17. The monoisotopic (exact) mass is 306 g/mol. The lowest BCUT2D eigenvalue weighted by Crippen LogP contribution is -2.40. The molecule has 0 fully saturated rings. The number of aromatic nitrogens is 1. The van der Waals surface area contributed by atoms with Crippen LogP contribution in [0.1, 0.15) is 31.2 Å². The van der Waals surface area contributed by atoms with E-state index in [1.165, 1.54) is 0 Å². The minimum atomic E-state index is -0.981. The summed E-state index contributed by atoms with van der Waals surface area (Å²) < 4.78 is 1.10. The van der Waals surface area contributed by atoms with Gasteiger partial charge in [-0.3, -0.25) is 4.79 Å². The third-order valence-corrected chi connectivity index (χ3v) is 4.21. The zero-order valence-corrected chi connectivity index (χ0v) is 12.7. The zero-order valence-electron chi connectivity index (χ0n) is 11.8. The number of aliphatic carboxylic acids is 1. The lowest BCUT2D eigenvalue weighted by atomic mass is 10.1. The maximum atomic E-state index is 11.8. The molecule has 1 heterocycles. The Morgan fingerprint density at radius 3 is 2.81 bits per heavy atom. The number of aryl methyl sites for hydroxylation is 1. The molecule has 0 bridgehead atoms. The first-order chi connectivity index (χ1) is 10.1. The summed E-state index contributed by atoms with van der Waals surface area (Å²) in [5, 5.41) is 12.5. The van der Waals surface area contributed by atoms with Crippen LogP contribution >= 0.6 is 11.3 Å². The van der Waals surface area contributed by atoms with E-state index in [0.29, 0.717) is 12.8 Å². The van der Waals surface area contributed by atoms with Crippen LogP contribution in [0.4, 0.5) is 0 Å². The van der Waals surface area contributed by atoms with Gasteiger partial charge in [0.05, 0.1) is 15.2 Å². The van der Waals surface area contributed by atoms with Crippen molar-refractivity contribution in [3.8, 4) is 0 Å². The number of nitrogens with one attached hydrogen (secondary N) is 1. The summed E-state index contributed by atoms with van der Waals surface area (Å²) in [4.78, 5) is 27.3. The maximum Gasteiger partial charge on any atom is 0.326 e. The molecule has 0 saturated heterocycles. The van der Waals surface area contributed by atoms with Crippen molar-refractivity contribution in [3.05, 3.63) is 29.3 Å². The quantitative estimate of drug-likeness (QED) is 0.824. The molecule has 0 saturated carbocycles. The average Bonchev–Trinajstić information content (AvgIpc) is 2.87. The Labute approximate surface area is 127 Å². The Balaban J connectivity index is 1.89.